The van der Waals surface area contributed by atoms with Crippen LogP contribution in [-0.2, 0) is 19.1 Å². The molecule has 4 heteroatoms. The Hall–Kier alpha value is -1.71. The highest BCUT2D eigenvalue weighted by atomic mass is 16.6. The van der Waals surface area contributed by atoms with Crippen LogP contribution in [0.3, 0.4) is 0 Å². The molecule has 3 aliphatic rings. The second kappa shape index (κ2) is 3.89. The topological polar surface area (TPSA) is 60.4 Å². The number of hydrogen-bond donors (Lipinski definition) is 0. The zero-order chi connectivity index (χ0) is 13.9. The fraction of sp³-hybridized carbons (Fsp3) is 0.533. The Morgan fingerprint density at radius 1 is 1.21 bits per heavy atom. The highest BCUT2D eigenvalue weighted by molar-refractivity contribution is 6.10. The second-order valence-electron chi connectivity index (χ2n) is 5.78. The normalized spacial score (nSPS) is 37.8. The molecule has 1 aliphatic heterocycles. The molecule has 0 radical (unpaired) electrons. The summed E-state index contributed by atoms with van der Waals surface area (Å²) in [4.78, 5) is 36.1. The number of carbonyl (C=O) groups excluding carboxylic acids is 3. The molecule has 0 aromatic carbocycles. The predicted molar refractivity (Wildman–Crippen MR) is 67.1 cm³/mol. The highest BCUT2D eigenvalue weighted by Gasteiger charge is 2.53. The first-order valence-electron chi connectivity index (χ1n) is 6.57. The molecule has 1 saturated heterocycles. The minimum atomic E-state index is -0.495. The largest absolute Gasteiger partial charge is 0.460 e. The molecule has 0 N–H and O–H groups in total. The zero-order valence-electron chi connectivity index (χ0n) is 11.2. The number of ether oxygens (including phenoxy) is 1. The Morgan fingerprint density at radius 3 is 2.58 bits per heavy atom. The van der Waals surface area contributed by atoms with Gasteiger partial charge in [-0.15, -0.1) is 0 Å². The van der Waals surface area contributed by atoms with E-state index in [4.69, 9.17) is 4.74 Å². The summed E-state index contributed by atoms with van der Waals surface area (Å²) in [5.74, 6) is -1.40. The third kappa shape index (κ3) is 1.55. The Labute approximate surface area is 111 Å². The van der Waals surface area contributed by atoms with Crippen LogP contribution in [0.25, 0.3) is 0 Å². The Kier molecular flexibility index (Phi) is 2.52. The van der Waals surface area contributed by atoms with Crippen molar-refractivity contribution in [1.29, 1.82) is 0 Å². The summed E-state index contributed by atoms with van der Waals surface area (Å²) in [7, 11) is 0. The number of rotatable bonds is 0. The van der Waals surface area contributed by atoms with Gasteiger partial charge in [0.25, 0.3) is 0 Å². The summed E-state index contributed by atoms with van der Waals surface area (Å²) in [5.41, 5.74) is 2.39. The molecule has 4 atom stereocenters. The molecule has 0 amide bonds. The lowest BCUT2D eigenvalue weighted by molar-refractivity contribution is -0.144. The third-order valence-corrected chi connectivity index (χ3v) is 4.54. The van der Waals surface area contributed by atoms with Gasteiger partial charge in [0.2, 0.25) is 0 Å². The Balaban J connectivity index is 2.14. The van der Waals surface area contributed by atoms with E-state index in [0.717, 1.165) is 11.1 Å². The number of hydrogen-bond acceptors (Lipinski definition) is 4. The minimum Gasteiger partial charge on any atom is -0.460 e. The van der Waals surface area contributed by atoms with Gasteiger partial charge in [-0.1, -0.05) is 18.1 Å². The van der Waals surface area contributed by atoms with Crippen LogP contribution in [0.1, 0.15) is 27.2 Å². The van der Waals surface area contributed by atoms with Crippen LogP contribution in [0.5, 0.6) is 0 Å². The minimum absolute atomic E-state index is 0.0170. The molecule has 4 unspecified atom stereocenters. The third-order valence-electron chi connectivity index (χ3n) is 4.54. The smallest absolute Gasteiger partial charge is 0.309 e. The number of fused-ring (bicyclic) bond motifs is 3. The van der Waals surface area contributed by atoms with Gasteiger partial charge in [-0.25, -0.2) is 0 Å². The predicted octanol–water partition coefficient (Wildman–Crippen LogP) is 1.60. The number of Topliss-reactive ketones (excluding diaryl/α,β-unsaturated/α-hetero) is 1. The molecule has 100 valence electrons. The van der Waals surface area contributed by atoms with E-state index in [1.165, 1.54) is 0 Å². The average molecular weight is 260 g/mol. The van der Waals surface area contributed by atoms with Crippen LogP contribution in [0.4, 0.5) is 0 Å². The van der Waals surface area contributed by atoms with Gasteiger partial charge in [-0.2, -0.15) is 0 Å². The molecule has 4 nitrogen and oxygen atoms in total. The summed E-state index contributed by atoms with van der Waals surface area (Å²) in [5, 5.41) is 0. The first-order valence-corrected chi connectivity index (χ1v) is 6.57. The first kappa shape index (κ1) is 12.3. The van der Waals surface area contributed by atoms with Crippen molar-refractivity contribution in [3.8, 4) is 0 Å². The first-order chi connectivity index (χ1) is 8.91. The fourth-order valence-corrected chi connectivity index (χ4v) is 3.61. The molecule has 0 bridgehead atoms. The number of esters is 1. The lowest BCUT2D eigenvalue weighted by Crippen LogP contribution is -2.32. The molecule has 1 heterocycles. The van der Waals surface area contributed by atoms with Crippen molar-refractivity contribution in [1.82, 2.24) is 0 Å². The molecule has 2 aliphatic carbocycles. The molecule has 3 rings (SSSR count). The van der Waals surface area contributed by atoms with Crippen molar-refractivity contribution in [2.75, 3.05) is 0 Å². The molecule has 19 heavy (non-hydrogen) atoms. The van der Waals surface area contributed by atoms with Crippen LogP contribution >= 0.6 is 0 Å². The fourth-order valence-electron chi connectivity index (χ4n) is 3.61. The van der Waals surface area contributed by atoms with Crippen molar-refractivity contribution in [3.05, 3.63) is 22.8 Å². The maximum Gasteiger partial charge on any atom is 0.309 e. The number of ketones is 2. The van der Waals surface area contributed by atoms with Crippen molar-refractivity contribution in [2.24, 2.45) is 17.8 Å². The highest BCUT2D eigenvalue weighted by Crippen LogP contribution is 2.46. The van der Waals surface area contributed by atoms with Crippen LogP contribution in [0.15, 0.2) is 22.8 Å². The van der Waals surface area contributed by atoms with Crippen LogP contribution in [0.2, 0.25) is 0 Å². The van der Waals surface area contributed by atoms with Crippen molar-refractivity contribution in [2.45, 2.75) is 33.3 Å². The van der Waals surface area contributed by atoms with Crippen molar-refractivity contribution < 1.29 is 19.1 Å². The van der Waals surface area contributed by atoms with Gasteiger partial charge in [0.15, 0.2) is 5.78 Å². The van der Waals surface area contributed by atoms with Gasteiger partial charge in [0, 0.05) is 17.9 Å². The average Bonchev–Trinajstić information content (AvgIpc) is 2.72. The van der Waals surface area contributed by atoms with Crippen LogP contribution in [0, 0.1) is 17.8 Å². The molecule has 0 aromatic heterocycles. The lowest BCUT2D eigenvalue weighted by atomic mass is 9.80. The summed E-state index contributed by atoms with van der Waals surface area (Å²) >= 11 is 0. The van der Waals surface area contributed by atoms with E-state index >= 15 is 0 Å². The zero-order valence-corrected chi connectivity index (χ0v) is 11.2. The van der Waals surface area contributed by atoms with Gasteiger partial charge in [0.1, 0.15) is 11.9 Å². The standard InChI is InChI=1S/C15H16O4/c1-6-4-10(17)13-8(3)15(18)19-14(13)12-7(2)5-9(16)11(6)12/h5,8,12-14H,4H2,1-3H3. The quantitative estimate of drug-likeness (QED) is 0.621. The number of allylic oxidation sites excluding steroid dienone is 2. The van der Waals surface area contributed by atoms with Crippen molar-refractivity contribution in [3.63, 3.8) is 0 Å². The van der Waals surface area contributed by atoms with E-state index in [0.29, 0.717) is 5.57 Å². The van der Waals surface area contributed by atoms with Gasteiger partial charge in [-0.3, -0.25) is 14.4 Å². The molecule has 0 aromatic rings. The molecule has 0 spiro atoms. The van der Waals surface area contributed by atoms with Gasteiger partial charge in [-0.05, 0) is 19.9 Å². The maximum atomic E-state index is 12.3. The number of carbonyl (C=O) groups is 3. The maximum absolute atomic E-state index is 12.3. The van der Waals surface area contributed by atoms with Gasteiger partial charge < -0.3 is 4.74 Å². The Morgan fingerprint density at radius 2 is 1.89 bits per heavy atom. The summed E-state index contributed by atoms with van der Waals surface area (Å²) in [6, 6.07) is 0. The summed E-state index contributed by atoms with van der Waals surface area (Å²) in [6.45, 7) is 5.44. The van der Waals surface area contributed by atoms with Gasteiger partial charge in [0.05, 0.1) is 11.8 Å². The molecular formula is C15H16O4. The van der Waals surface area contributed by atoms with Crippen LogP contribution < -0.4 is 0 Å². The molecule has 1 fully saturated rings. The second-order valence-corrected chi connectivity index (χ2v) is 5.78. The van der Waals surface area contributed by atoms with E-state index in [9.17, 15) is 14.4 Å². The van der Waals surface area contributed by atoms with E-state index in [1.54, 1.807) is 13.0 Å². The Bertz CT molecular complexity index is 567. The van der Waals surface area contributed by atoms with E-state index in [1.807, 2.05) is 13.8 Å². The van der Waals surface area contributed by atoms with Gasteiger partial charge >= 0.3 is 5.97 Å². The summed E-state index contributed by atoms with van der Waals surface area (Å²) in [6.07, 6.45) is 1.36. The van der Waals surface area contributed by atoms with Crippen molar-refractivity contribution >= 4 is 17.5 Å². The molecule has 0 saturated carbocycles. The van der Waals surface area contributed by atoms with Crippen LogP contribution in [-0.4, -0.2) is 23.6 Å². The molecular weight excluding hydrogens is 244 g/mol. The van der Waals surface area contributed by atoms with E-state index in [2.05, 4.69) is 0 Å². The summed E-state index contributed by atoms with van der Waals surface area (Å²) < 4.78 is 5.42. The SMILES string of the molecule is CC1=CC(=O)C2=C(C)CC(=O)C3C(C)C(=O)OC3C12. The van der Waals surface area contributed by atoms with E-state index < -0.39 is 17.9 Å². The monoisotopic (exact) mass is 260 g/mol. The lowest BCUT2D eigenvalue weighted by Gasteiger charge is -2.23. The van der Waals surface area contributed by atoms with E-state index in [-0.39, 0.29) is 29.9 Å².